The maximum absolute atomic E-state index is 11.3. The average Bonchev–Trinajstić information content (AvgIpc) is 2.38. The van der Waals surface area contributed by atoms with Gasteiger partial charge in [0.05, 0.1) is 13.0 Å². The standard InChI is InChI=1S/C13H15NO4/c1-18-11-5-3-2-4-8(11)10-7-14-12(15)6-9(10)13(16)17/h2-5,9-10H,6-7H2,1H3,(H,14,15)(H,16,17). The van der Waals surface area contributed by atoms with Gasteiger partial charge in [-0.05, 0) is 11.6 Å². The molecule has 2 atom stereocenters. The summed E-state index contributed by atoms with van der Waals surface area (Å²) in [7, 11) is 1.55. The number of carboxylic acids is 1. The van der Waals surface area contributed by atoms with Crippen LogP contribution in [0.2, 0.25) is 0 Å². The third kappa shape index (κ3) is 2.30. The van der Waals surface area contributed by atoms with Gasteiger partial charge in [0, 0.05) is 18.9 Å². The van der Waals surface area contributed by atoms with Crippen molar-refractivity contribution in [2.75, 3.05) is 13.7 Å². The van der Waals surface area contributed by atoms with Crippen molar-refractivity contribution < 1.29 is 19.4 Å². The second-order valence-electron chi connectivity index (χ2n) is 4.30. The summed E-state index contributed by atoms with van der Waals surface area (Å²) in [6, 6.07) is 7.31. The highest BCUT2D eigenvalue weighted by Gasteiger charge is 2.36. The van der Waals surface area contributed by atoms with E-state index in [1.165, 1.54) is 0 Å². The Balaban J connectivity index is 2.35. The average molecular weight is 249 g/mol. The summed E-state index contributed by atoms with van der Waals surface area (Å²) in [4.78, 5) is 22.6. The summed E-state index contributed by atoms with van der Waals surface area (Å²) >= 11 is 0. The highest BCUT2D eigenvalue weighted by atomic mass is 16.5. The van der Waals surface area contributed by atoms with Crippen LogP contribution in [0.3, 0.4) is 0 Å². The van der Waals surface area contributed by atoms with E-state index in [0.29, 0.717) is 12.3 Å². The summed E-state index contributed by atoms with van der Waals surface area (Å²) in [6.45, 7) is 0.330. The molecule has 0 radical (unpaired) electrons. The summed E-state index contributed by atoms with van der Waals surface area (Å²) < 4.78 is 5.25. The fourth-order valence-electron chi connectivity index (χ4n) is 2.34. The molecule has 1 saturated heterocycles. The number of hydrogen-bond acceptors (Lipinski definition) is 3. The first-order chi connectivity index (χ1) is 8.63. The third-order valence-electron chi connectivity index (χ3n) is 3.27. The molecule has 2 unspecified atom stereocenters. The van der Waals surface area contributed by atoms with Gasteiger partial charge in [-0.3, -0.25) is 9.59 Å². The van der Waals surface area contributed by atoms with E-state index in [1.54, 1.807) is 13.2 Å². The Bertz CT molecular complexity index is 472. The SMILES string of the molecule is COc1ccccc1C1CNC(=O)CC1C(=O)O. The highest BCUT2D eigenvalue weighted by molar-refractivity contribution is 5.84. The smallest absolute Gasteiger partial charge is 0.307 e. The van der Waals surface area contributed by atoms with Crippen molar-refractivity contribution in [3.8, 4) is 5.75 Å². The van der Waals surface area contributed by atoms with Crippen molar-refractivity contribution in [3.63, 3.8) is 0 Å². The molecule has 2 rings (SSSR count). The lowest BCUT2D eigenvalue weighted by molar-refractivity contribution is -0.146. The fraction of sp³-hybridized carbons (Fsp3) is 0.385. The van der Waals surface area contributed by atoms with Gasteiger partial charge < -0.3 is 15.2 Å². The van der Waals surface area contributed by atoms with Crippen LogP contribution in [0.1, 0.15) is 17.9 Å². The van der Waals surface area contributed by atoms with Crippen LogP contribution in [-0.2, 0) is 9.59 Å². The predicted octanol–water partition coefficient (Wildman–Crippen LogP) is 1.000. The van der Waals surface area contributed by atoms with Gasteiger partial charge in [0.25, 0.3) is 0 Å². The summed E-state index contributed by atoms with van der Waals surface area (Å²) in [5.41, 5.74) is 0.826. The van der Waals surface area contributed by atoms with Gasteiger partial charge in [-0.2, -0.15) is 0 Å². The summed E-state index contributed by atoms with van der Waals surface area (Å²) in [5.74, 6) is -1.45. The van der Waals surface area contributed by atoms with Gasteiger partial charge >= 0.3 is 5.97 Å². The Hall–Kier alpha value is -2.04. The van der Waals surface area contributed by atoms with Crippen molar-refractivity contribution in [1.82, 2.24) is 5.32 Å². The first kappa shape index (κ1) is 12.4. The molecule has 1 heterocycles. The van der Waals surface area contributed by atoms with E-state index in [2.05, 4.69) is 5.32 Å². The number of rotatable bonds is 3. The molecule has 0 aliphatic carbocycles. The van der Waals surface area contributed by atoms with E-state index >= 15 is 0 Å². The molecule has 0 saturated carbocycles. The number of piperidine rings is 1. The summed E-state index contributed by atoms with van der Waals surface area (Å²) in [5, 5.41) is 11.9. The van der Waals surface area contributed by atoms with Crippen LogP contribution in [0.25, 0.3) is 0 Å². The number of carboxylic acid groups (broad SMARTS) is 1. The van der Waals surface area contributed by atoms with E-state index in [9.17, 15) is 14.7 Å². The van der Waals surface area contributed by atoms with Crippen LogP contribution in [0.5, 0.6) is 5.75 Å². The molecule has 5 heteroatoms. The number of benzene rings is 1. The zero-order valence-electron chi connectivity index (χ0n) is 10.1. The van der Waals surface area contributed by atoms with Crippen LogP contribution in [-0.4, -0.2) is 30.6 Å². The molecule has 18 heavy (non-hydrogen) atoms. The zero-order chi connectivity index (χ0) is 13.1. The predicted molar refractivity (Wildman–Crippen MR) is 64.5 cm³/mol. The first-order valence-corrected chi connectivity index (χ1v) is 5.76. The lowest BCUT2D eigenvalue weighted by Gasteiger charge is -2.29. The van der Waals surface area contributed by atoms with Crippen LogP contribution in [0, 0.1) is 5.92 Å². The number of carbonyl (C=O) groups is 2. The molecule has 0 bridgehead atoms. The Morgan fingerprint density at radius 2 is 2.17 bits per heavy atom. The van der Waals surface area contributed by atoms with Crippen LogP contribution < -0.4 is 10.1 Å². The molecule has 1 fully saturated rings. The molecule has 0 aromatic heterocycles. The lowest BCUT2D eigenvalue weighted by Crippen LogP contribution is -2.42. The quantitative estimate of drug-likeness (QED) is 0.838. The molecule has 5 nitrogen and oxygen atoms in total. The molecule has 1 aromatic carbocycles. The number of methoxy groups -OCH3 is 1. The van der Waals surface area contributed by atoms with E-state index < -0.39 is 11.9 Å². The number of para-hydroxylation sites is 1. The normalized spacial score (nSPS) is 23.3. The second kappa shape index (κ2) is 5.08. The van der Waals surface area contributed by atoms with E-state index in [0.717, 1.165) is 5.56 Å². The number of hydrogen-bond donors (Lipinski definition) is 2. The molecular formula is C13H15NO4. The number of amides is 1. The van der Waals surface area contributed by atoms with E-state index in [-0.39, 0.29) is 18.2 Å². The maximum Gasteiger partial charge on any atom is 0.307 e. The number of carbonyl (C=O) groups excluding carboxylic acids is 1. The topological polar surface area (TPSA) is 75.6 Å². The molecule has 1 amide bonds. The molecule has 1 aliphatic heterocycles. The highest BCUT2D eigenvalue weighted by Crippen LogP contribution is 2.35. The minimum Gasteiger partial charge on any atom is -0.496 e. The van der Waals surface area contributed by atoms with Gasteiger partial charge in [-0.25, -0.2) is 0 Å². The maximum atomic E-state index is 11.3. The van der Waals surface area contributed by atoms with Crippen molar-refractivity contribution in [3.05, 3.63) is 29.8 Å². The second-order valence-corrected chi connectivity index (χ2v) is 4.30. The molecule has 96 valence electrons. The van der Waals surface area contributed by atoms with Crippen LogP contribution in [0.15, 0.2) is 24.3 Å². The van der Waals surface area contributed by atoms with Gasteiger partial charge in [-0.15, -0.1) is 0 Å². The van der Waals surface area contributed by atoms with Gasteiger partial charge in [0.2, 0.25) is 5.91 Å². The minimum atomic E-state index is -0.944. The number of aliphatic carboxylic acids is 1. The molecule has 1 aliphatic rings. The molecule has 2 N–H and O–H groups in total. The largest absolute Gasteiger partial charge is 0.496 e. The summed E-state index contributed by atoms with van der Waals surface area (Å²) in [6.07, 6.45) is 0.0120. The van der Waals surface area contributed by atoms with E-state index in [4.69, 9.17) is 4.74 Å². The fourth-order valence-corrected chi connectivity index (χ4v) is 2.34. The monoisotopic (exact) mass is 249 g/mol. The third-order valence-corrected chi connectivity index (χ3v) is 3.27. The van der Waals surface area contributed by atoms with Gasteiger partial charge in [0.1, 0.15) is 5.75 Å². The Kier molecular flexibility index (Phi) is 3.50. The van der Waals surface area contributed by atoms with Crippen molar-refractivity contribution in [1.29, 1.82) is 0 Å². The number of ether oxygens (including phenoxy) is 1. The Morgan fingerprint density at radius 3 is 2.83 bits per heavy atom. The van der Waals surface area contributed by atoms with Gasteiger partial charge in [0.15, 0.2) is 0 Å². The zero-order valence-corrected chi connectivity index (χ0v) is 10.1. The van der Waals surface area contributed by atoms with Crippen molar-refractivity contribution in [2.24, 2.45) is 5.92 Å². The van der Waals surface area contributed by atoms with Crippen molar-refractivity contribution >= 4 is 11.9 Å². The molecule has 0 spiro atoms. The Morgan fingerprint density at radius 1 is 1.44 bits per heavy atom. The number of nitrogens with one attached hydrogen (secondary N) is 1. The van der Waals surface area contributed by atoms with Gasteiger partial charge in [-0.1, -0.05) is 18.2 Å². The molecule has 1 aromatic rings. The minimum absolute atomic E-state index is 0.0120. The Labute approximate surface area is 105 Å². The lowest BCUT2D eigenvalue weighted by atomic mass is 9.81. The van der Waals surface area contributed by atoms with Crippen LogP contribution in [0.4, 0.5) is 0 Å². The van der Waals surface area contributed by atoms with E-state index in [1.807, 2.05) is 18.2 Å². The first-order valence-electron chi connectivity index (χ1n) is 5.76. The van der Waals surface area contributed by atoms with Crippen LogP contribution >= 0.6 is 0 Å². The molecular weight excluding hydrogens is 234 g/mol. The van der Waals surface area contributed by atoms with Crippen molar-refractivity contribution in [2.45, 2.75) is 12.3 Å².